The second-order valence-corrected chi connectivity index (χ2v) is 6.73. The Kier molecular flexibility index (Phi) is 4.62. The van der Waals surface area contributed by atoms with E-state index in [1.165, 1.54) is 22.3 Å². The van der Waals surface area contributed by atoms with Crippen molar-refractivity contribution in [3.63, 3.8) is 0 Å². The molecular formula is C20H24O. The third-order valence-corrected chi connectivity index (χ3v) is 3.78. The lowest BCUT2D eigenvalue weighted by molar-refractivity contribution is -0.116. The molecule has 0 aliphatic rings. The summed E-state index contributed by atoms with van der Waals surface area (Å²) in [6, 6.07) is 17.3. The average Bonchev–Trinajstić information content (AvgIpc) is 2.45. The lowest BCUT2D eigenvalue weighted by atomic mass is 9.86. The van der Waals surface area contributed by atoms with Gasteiger partial charge in [0.05, 0.1) is 0 Å². The predicted molar refractivity (Wildman–Crippen MR) is 89.6 cm³/mol. The quantitative estimate of drug-likeness (QED) is 0.755. The first-order chi connectivity index (χ1) is 9.86. The SMILES string of the molecule is CC(=O)CCc1cccc(-c2ccc(C(C)(C)C)cc2)c1. The fraction of sp³-hybridized carbons (Fsp3) is 0.350. The Morgan fingerprint density at radius 2 is 1.62 bits per heavy atom. The Balaban J connectivity index is 2.22. The molecule has 0 radical (unpaired) electrons. The van der Waals surface area contributed by atoms with Crippen LogP contribution >= 0.6 is 0 Å². The summed E-state index contributed by atoms with van der Waals surface area (Å²) in [5, 5.41) is 0. The number of hydrogen-bond donors (Lipinski definition) is 0. The first-order valence-corrected chi connectivity index (χ1v) is 7.55. The van der Waals surface area contributed by atoms with Gasteiger partial charge in [-0.25, -0.2) is 0 Å². The maximum absolute atomic E-state index is 11.1. The van der Waals surface area contributed by atoms with Crippen LogP contribution in [0.5, 0.6) is 0 Å². The van der Waals surface area contributed by atoms with E-state index in [9.17, 15) is 4.79 Å². The van der Waals surface area contributed by atoms with Gasteiger partial charge in [-0.15, -0.1) is 0 Å². The second-order valence-electron chi connectivity index (χ2n) is 6.73. The Hall–Kier alpha value is -1.89. The van der Waals surface area contributed by atoms with Crippen LogP contribution in [0.25, 0.3) is 11.1 Å². The van der Waals surface area contributed by atoms with Crippen LogP contribution in [0, 0.1) is 0 Å². The largest absolute Gasteiger partial charge is 0.300 e. The van der Waals surface area contributed by atoms with Crippen LogP contribution < -0.4 is 0 Å². The molecule has 0 aliphatic carbocycles. The summed E-state index contributed by atoms with van der Waals surface area (Å²) in [5.41, 5.74) is 5.20. The normalized spacial score (nSPS) is 11.4. The Morgan fingerprint density at radius 1 is 0.952 bits per heavy atom. The van der Waals surface area contributed by atoms with E-state index < -0.39 is 0 Å². The van der Waals surface area contributed by atoms with Crippen molar-refractivity contribution in [1.82, 2.24) is 0 Å². The fourth-order valence-corrected chi connectivity index (χ4v) is 2.39. The zero-order chi connectivity index (χ0) is 15.5. The van der Waals surface area contributed by atoms with Crippen molar-refractivity contribution in [3.05, 3.63) is 59.7 Å². The number of carbonyl (C=O) groups is 1. The van der Waals surface area contributed by atoms with Gasteiger partial charge in [0.1, 0.15) is 5.78 Å². The highest BCUT2D eigenvalue weighted by atomic mass is 16.1. The van der Waals surface area contributed by atoms with E-state index in [4.69, 9.17) is 0 Å². The van der Waals surface area contributed by atoms with E-state index in [2.05, 4.69) is 69.3 Å². The van der Waals surface area contributed by atoms with Gasteiger partial charge in [0.25, 0.3) is 0 Å². The summed E-state index contributed by atoms with van der Waals surface area (Å²) in [5.74, 6) is 0.245. The Morgan fingerprint density at radius 3 is 2.19 bits per heavy atom. The summed E-state index contributed by atoms with van der Waals surface area (Å²) in [7, 11) is 0. The molecule has 1 nitrogen and oxygen atoms in total. The Bertz CT molecular complexity index is 615. The molecule has 0 saturated heterocycles. The van der Waals surface area contributed by atoms with Gasteiger partial charge in [0.2, 0.25) is 0 Å². The van der Waals surface area contributed by atoms with E-state index in [1.807, 2.05) is 0 Å². The minimum absolute atomic E-state index is 0.182. The molecule has 2 aromatic carbocycles. The van der Waals surface area contributed by atoms with E-state index in [0.717, 1.165) is 6.42 Å². The highest BCUT2D eigenvalue weighted by molar-refractivity contribution is 5.75. The van der Waals surface area contributed by atoms with Gasteiger partial charge in [0, 0.05) is 6.42 Å². The number of rotatable bonds is 4. The third kappa shape index (κ3) is 4.29. The highest BCUT2D eigenvalue weighted by Gasteiger charge is 2.13. The molecule has 0 spiro atoms. The zero-order valence-corrected chi connectivity index (χ0v) is 13.4. The third-order valence-electron chi connectivity index (χ3n) is 3.78. The summed E-state index contributed by atoms with van der Waals surface area (Å²) in [6.07, 6.45) is 1.44. The smallest absolute Gasteiger partial charge is 0.130 e. The average molecular weight is 280 g/mol. The van der Waals surface area contributed by atoms with Crippen molar-refractivity contribution in [2.24, 2.45) is 0 Å². The summed E-state index contributed by atoms with van der Waals surface area (Å²) in [6.45, 7) is 8.33. The van der Waals surface area contributed by atoms with Gasteiger partial charge in [-0.3, -0.25) is 0 Å². The van der Waals surface area contributed by atoms with E-state index in [0.29, 0.717) is 6.42 Å². The van der Waals surface area contributed by atoms with Gasteiger partial charge in [-0.05, 0) is 41.0 Å². The van der Waals surface area contributed by atoms with Crippen LogP contribution in [-0.4, -0.2) is 5.78 Å². The first kappa shape index (κ1) is 15.5. The van der Waals surface area contributed by atoms with Gasteiger partial charge < -0.3 is 4.79 Å². The monoisotopic (exact) mass is 280 g/mol. The predicted octanol–water partition coefficient (Wildman–Crippen LogP) is 5.17. The Labute approximate surface area is 128 Å². The van der Waals surface area contributed by atoms with Gasteiger partial charge in [0.15, 0.2) is 0 Å². The van der Waals surface area contributed by atoms with E-state index in [1.54, 1.807) is 6.92 Å². The van der Waals surface area contributed by atoms with E-state index in [-0.39, 0.29) is 11.2 Å². The summed E-state index contributed by atoms with van der Waals surface area (Å²) < 4.78 is 0. The number of carbonyl (C=O) groups excluding carboxylic acids is 1. The molecule has 0 aromatic heterocycles. The molecular weight excluding hydrogens is 256 g/mol. The number of ketones is 1. The van der Waals surface area contributed by atoms with Crippen LogP contribution in [0.15, 0.2) is 48.5 Å². The van der Waals surface area contributed by atoms with Crippen molar-refractivity contribution < 1.29 is 4.79 Å². The maximum Gasteiger partial charge on any atom is 0.130 e. The first-order valence-electron chi connectivity index (χ1n) is 7.55. The number of hydrogen-bond acceptors (Lipinski definition) is 1. The van der Waals surface area contributed by atoms with Crippen LogP contribution in [0.4, 0.5) is 0 Å². The van der Waals surface area contributed by atoms with Crippen molar-refractivity contribution in [2.45, 2.75) is 46.0 Å². The molecule has 0 heterocycles. The van der Waals surface area contributed by atoms with Gasteiger partial charge in [-0.1, -0.05) is 69.3 Å². The highest BCUT2D eigenvalue weighted by Crippen LogP contribution is 2.26. The standard InChI is InChI=1S/C20H24O/c1-15(21)8-9-16-6-5-7-18(14-16)17-10-12-19(13-11-17)20(2,3)4/h5-7,10-14H,8-9H2,1-4H3. The van der Waals surface area contributed by atoms with Crippen molar-refractivity contribution in [3.8, 4) is 11.1 Å². The second kappa shape index (κ2) is 6.26. The minimum atomic E-state index is 0.182. The van der Waals surface area contributed by atoms with Crippen LogP contribution in [0.1, 0.15) is 45.2 Å². The number of Topliss-reactive ketones (excluding diaryl/α,β-unsaturated/α-hetero) is 1. The van der Waals surface area contributed by atoms with Crippen molar-refractivity contribution in [2.75, 3.05) is 0 Å². The minimum Gasteiger partial charge on any atom is -0.300 e. The number of aryl methyl sites for hydroxylation is 1. The van der Waals surface area contributed by atoms with Crippen LogP contribution in [-0.2, 0) is 16.6 Å². The van der Waals surface area contributed by atoms with Gasteiger partial charge >= 0.3 is 0 Å². The maximum atomic E-state index is 11.1. The molecule has 0 saturated carbocycles. The van der Waals surface area contributed by atoms with Crippen LogP contribution in [0.2, 0.25) is 0 Å². The topological polar surface area (TPSA) is 17.1 Å². The summed E-state index contributed by atoms with van der Waals surface area (Å²) in [4.78, 5) is 11.1. The molecule has 1 heteroatoms. The lowest BCUT2D eigenvalue weighted by Gasteiger charge is -2.19. The zero-order valence-electron chi connectivity index (χ0n) is 13.4. The fourth-order valence-electron chi connectivity index (χ4n) is 2.39. The van der Waals surface area contributed by atoms with E-state index >= 15 is 0 Å². The molecule has 2 rings (SSSR count). The molecule has 2 aromatic rings. The molecule has 0 fully saturated rings. The molecule has 0 unspecified atom stereocenters. The molecule has 110 valence electrons. The molecule has 0 aliphatic heterocycles. The molecule has 21 heavy (non-hydrogen) atoms. The molecule has 0 bridgehead atoms. The van der Waals surface area contributed by atoms with Crippen LogP contribution in [0.3, 0.4) is 0 Å². The molecule has 0 atom stereocenters. The molecule has 0 N–H and O–H groups in total. The lowest BCUT2D eigenvalue weighted by Crippen LogP contribution is -2.10. The molecule has 0 amide bonds. The van der Waals surface area contributed by atoms with Crippen molar-refractivity contribution in [1.29, 1.82) is 0 Å². The van der Waals surface area contributed by atoms with Crippen molar-refractivity contribution >= 4 is 5.78 Å². The van der Waals surface area contributed by atoms with Gasteiger partial charge in [-0.2, -0.15) is 0 Å². The number of benzene rings is 2. The summed E-state index contributed by atoms with van der Waals surface area (Å²) >= 11 is 0.